The Labute approximate surface area is 80.4 Å². The molecule has 0 saturated heterocycles. The number of unbranched alkanes of at least 4 members (excludes halogenated alkanes) is 1. The van der Waals surface area contributed by atoms with Crippen LogP contribution in [0.15, 0.2) is 0 Å². The molecule has 0 aliphatic heterocycles. The van der Waals surface area contributed by atoms with Crippen LogP contribution in [0.5, 0.6) is 0 Å². The van der Waals surface area contributed by atoms with Crippen molar-refractivity contribution in [3.63, 3.8) is 0 Å². The normalized spacial score (nSPS) is 14.4. The second-order valence-corrected chi connectivity index (χ2v) is 4.67. The highest BCUT2D eigenvalue weighted by molar-refractivity contribution is 7.85. The van der Waals surface area contributed by atoms with E-state index >= 15 is 0 Å². The SMILES string of the molecule is CCCCOC(C)COS(C)(=O)=O. The predicted octanol–water partition coefficient (Wildman–Crippen LogP) is 1.17. The van der Waals surface area contributed by atoms with Crippen LogP contribution in [0.1, 0.15) is 26.7 Å². The van der Waals surface area contributed by atoms with E-state index in [1.807, 2.05) is 0 Å². The van der Waals surface area contributed by atoms with Crippen LogP contribution in [0.3, 0.4) is 0 Å². The number of hydrogen-bond acceptors (Lipinski definition) is 4. The minimum atomic E-state index is -3.33. The highest BCUT2D eigenvalue weighted by Gasteiger charge is 2.07. The van der Waals surface area contributed by atoms with Crippen molar-refractivity contribution in [1.29, 1.82) is 0 Å². The highest BCUT2D eigenvalue weighted by Crippen LogP contribution is 1.97. The monoisotopic (exact) mass is 210 g/mol. The second kappa shape index (κ2) is 6.34. The van der Waals surface area contributed by atoms with Crippen LogP contribution in [-0.2, 0) is 19.0 Å². The van der Waals surface area contributed by atoms with E-state index in [9.17, 15) is 8.42 Å². The summed E-state index contributed by atoms with van der Waals surface area (Å²) in [6.07, 6.45) is 2.93. The number of ether oxygens (including phenoxy) is 1. The van der Waals surface area contributed by atoms with E-state index in [-0.39, 0.29) is 12.7 Å². The lowest BCUT2D eigenvalue weighted by Gasteiger charge is -2.11. The quantitative estimate of drug-likeness (QED) is 0.467. The molecule has 0 aromatic carbocycles. The molecule has 0 amide bonds. The standard InChI is InChI=1S/C8H18O4S/c1-4-5-6-11-8(2)7-12-13(3,9)10/h8H,4-7H2,1-3H3. The fourth-order valence-corrected chi connectivity index (χ4v) is 1.14. The lowest BCUT2D eigenvalue weighted by molar-refractivity contribution is 0.0327. The van der Waals surface area contributed by atoms with Gasteiger partial charge in [0.15, 0.2) is 0 Å². The van der Waals surface area contributed by atoms with Gasteiger partial charge in [-0.3, -0.25) is 4.18 Å². The summed E-state index contributed by atoms with van der Waals surface area (Å²) in [6.45, 7) is 4.62. The van der Waals surface area contributed by atoms with E-state index < -0.39 is 10.1 Å². The summed E-state index contributed by atoms with van der Waals surface area (Å²) in [6, 6.07) is 0. The Morgan fingerprint density at radius 2 is 2.00 bits per heavy atom. The molecule has 4 nitrogen and oxygen atoms in total. The van der Waals surface area contributed by atoms with Gasteiger partial charge in [-0.2, -0.15) is 8.42 Å². The molecule has 1 atom stereocenters. The van der Waals surface area contributed by atoms with E-state index in [0.717, 1.165) is 19.1 Å². The molecule has 0 N–H and O–H groups in total. The van der Waals surface area contributed by atoms with Crippen LogP contribution >= 0.6 is 0 Å². The van der Waals surface area contributed by atoms with Gasteiger partial charge in [-0.25, -0.2) is 0 Å². The molecule has 0 aromatic rings. The summed E-state index contributed by atoms with van der Waals surface area (Å²) < 4.78 is 31.0. The van der Waals surface area contributed by atoms with E-state index in [4.69, 9.17) is 4.74 Å². The van der Waals surface area contributed by atoms with E-state index in [1.54, 1.807) is 6.92 Å². The lowest BCUT2D eigenvalue weighted by atomic mass is 10.3. The van der Waals surface area contributed by atoms with Crippen molar-refractivity contribution in [3.05, 3.63) is 0 Å². The summed E-state index contributed by atoms with van der Waals surface area (Å²) in [5.41, 5.74) is 0. The van der Waals surface area contributed by atoms with Gasteiger partial charge in [0, 0.05) is 6.61 Å². The maximum absolute atomic E-state index is 10.6. The van der Waals surface area contributed by atoms with Crippen LogP contribution in [0.2, 0.25) is 0 Å². The van der Waals surface area contributed by atoms with Gasteiger partial charge in [-0.15, -0.1) is 0 Å². The van der Waals surface area contributed by atoms with Crippen molar-refractivity contribution in [1.82, 2.24) is 0 Å². The van der Waals surface area contributed by atoms with Gasteiger partial charge in [-0.1, -0.05) is 13.3 Å². The molecule has 0 aliphatic rings. The Hall–Kier alpha value is -0.130. The first-order valence-electron chi connectivity index (χ1n) is 4.41. The van der Waals surface area contributed by atoms with Gasteiger partial charge >= 0.3 is 0 Å². The number of rotatable bonds is 7. The van der Waals surface area contributed by atoms with Crippen molar-refractivity contribution in [2.75, 3.05) is 19.5 Å². The third-order valence-corrected chi connectivity index (χ3v) is 1.98. The largest absolute Gasteiger partial charge is 0.376 e. The molecule has 0 heterocycles. The molecule has 0 fully saturated rings. The Bertz CT molecular complexity index is 210. The van der Waals surface area contributed by atoms with Crippen LogP contribution < -0.4 is 0 Å². The zero-order chi connectivity index (χ0) is 10.3. The maximum atomic E-state index is 10.6. The second-order valence-electron chi connectivity index (χ2n) is 3.02. The van der Waals surface area contributed by atoms with Crippen LogP contribution in [0.25, 0.3) is 0 Å². The summed E-state index contributed by atoms with van der Waals surface area (Å²) in [5.74, 6) is 0. The Morgan fingerprint density at radius 3 is 2.46 bits per heavy atom. The molecule has 1 unspecified atom stereocenters. The first-order valence-corrected chi connectivity index (χ1v) is 6.23. The van der Waals surface area contributed by atoms with Crippen molar-refractivity contribution < 1.29 is 17.3 Å². The lowest BCUT2D eigenvalue weighted by Crippen LogP contribution is -2.19. The molecule has 5 heteroatoms. The summed E-state index contributed by atoms with van der Waals surface area (Å²) >= 11 is 0. The molecular weight excluding hydrogens is 192 g/mol. The van der Waals surface area contributed by atoms with Crippen LogP contribution in [-0.4, -0.2) is 34.0 Å². The molecule has 0 aliphatic carbocycles. The maximum Gasteiger partial charge on any atom is 0.264 e. The van der Waals surface area contributed by atoms with Crippen molar-refractivity contribution in [3.8, 4) is 0 Å². The first-order chi connectivity index (χ1) is 5.95. The minimum absolute atomic E-state index is 0.0997. The van der Waals surface area contributed by atoms with Gasteiger partial charge < -0.3 is 4.74 Å². The zero-order valence-electron chi connectivity index (χ0n) is 8.45. The fourth-order valence-electron chi connectivity index (χ4n) is 0.696. The summed E-state index contributed by atoms with van der Waals surface area (Å²) in [5, 5.41) is 0. The van der Waals surface area contributed by atoms with Crippen LogP contribution in [0, 0.1) is 0 Å². The highest BCUT2D eigenvalue weighted by atomic mass is 32.2. The Kier molecular flexibility index (Phi) is 6.28. The van der Waals surface area contributed by atoms with Crippen LogP contribution in [0.4, 0.5) is 0 Å². The first kappa shape index (κ1) is 12.9. The Morgan fingerprint density at radius 1 is 1.38 bits per heavy atom. The minimum Gasteiger partial charge on any atom is -0.376 e. The molecule has 0 bridgehead atoms. The molecule has 80 valence electrons. The molecule has 0 spiro atoms. The molecular formula is C8H18O4S. The van der Waals surface area contributed by atoms with Crippen molar-refractivity contribution in [2.24, 2.45) is 0 Å². The molecule has 0 aromatic heterocycles. The summed E-state index contributed by atoms with van der Waals surface area (Å²) in [7, 11) is -3.33. The smallest absolute Gasteiger partial charge is 0.264 e. The van der Waals surface area contributed by atoms with E-state index in [0.29, 0.717) is 6.61 Å². The van der Waals surface area contributed by atoms with Gasteiger partial charge in [0.1, 0.15) is 0 Å². The Balaban J connectivity index is 3.46. The van der Waals surface area contributed by atoms with Gasteiger partial charge in [0.2, 0.25) is 0 Å². The topological polar surface area (TPSA) is 52.6 Å². The van der Waals surface area contributed by atoms with Crippen molar-refractivity contribution in [2.45, 2.75) is 32.8 Å². The fraction of sp³-hybridized carbons (Fsp3) is 1.00. The third kappa shape index (κ3) is 9.79. The average Bonchev–Trinajstić information content (AvgIpc) is 2.00. The van der Waals surface area contributed by atoms with E-state index in [2.05, 4.69) is 11.1 Å². The van der Waals surface area contributed by atoms with Gasteiger partial charge in [0.25, 0.3) is 10.1 Å². The number of hydrogen-bond donors (Lipinski definition) is 0. The summed E-state index contributed by atoms with van der Waals surface area (Å²) in [4.78, 5) is 0. The molecule has 0 saturated carbocycles. The van der Waals surface area contributed by atoms with E-state index in [1.165, 1.54) is 0 Å². The van der Waals surface area contributed by atoms with Crippen molar-refractivity contribution >= 4 is 10.1 Å². The molecule has 0 radical (unpaired) electrons. The zero-order valence-corrected chi connectivity index (χ0v) is 9.26. The van der Waals surface area contributed by atoms with Gasteiger partial charge in [0.05, 0.1) is 19.0 Å². The molecule has 0 rings (SSSR count). The third-order valence-electron chi connectivity index (χ3n) is 1.42. The average molecular weight is 210 g/mol. The molecule has 13 heavy (non-hydrogen) atoms. The van der Waals surface area contributed by atoms with Gasteiger partial charge in [-0.05, 0) is 13.3 Å². The predicted molar refractivity (Wildman–Crippen MR) is 51.1 cm³/mol.